The summed E-state index contributed by atoms with van der Waals surface area (Å²) in [5, 5.41) is 23.1. The highest BCUT2D eigenvalue weighted by Gasteiger charge is 2.14. The summed E-state index contributed by atoms with van der Waals surface area (Å²) in [6.07, 6.45) is 0. The molecule has 0 saturated heterocycles. The lowest BCUT2D eigenvalue weighted by molar-refractivity contribution is -0.384. The molecule has 0 amide bonds. The van der Waals surface area contributed by atoms with Gasteiger partial charge in [0.15, 0.2) is 0 Å². The van der Waals surface area contributed by atoms with E-state index in [1.54, 1.807) is 18.2 Å². The van der Waals surface area contributed by atoms with Crippen LogP contribution in [0.3, 0.4) is 0 Å². The predicted octanol–water partition coefficient (Wildman–Crippen LogP) is 3.05. The van der Waals surface area contributed by atoms with E-state index in [0.717, 1.165) is 18.2 Å². The molecule has 0 aliphatic heterocycles. The standard InChI is InChI=1S/C13H11FN2O3/c14-10-5-6-12(16(18)19)11(7-10)15-8-9-3-1-2-4-13(9)17/h1-7,15,17H,8H2. The number of para-hydroxylation sites is 1. The fraction of sp³-hybridized carbons (Fsp3) is 0.0769. The van der Waals surface area contributed by atoms with Gasteiger partial charge in [0.25, 0.3) is 5.69 Å². The van der Waals surface area contributed by atoms with Gasteiger partial charge in [0.1, 0.15) is 17.3 Å². The summed E-state index contributed by atoms with van der Waals surface area (Å²) in [5.41, 5.74) is 0.436. The van der Waals surface area contributed by atoms with Gasteiger partial charge in [-0.1, -0.05) is 18.2 Å². The first-order valence-electron chi connectivity index (χ1n) is 5.52. The smallest absolute Gasteiger partial charge is 0.292 e. The Morgan fingerprint density at radius 1 is 1.26 bits per heavy atom. The number of hydrogen-bond donors (Lipinski definition) is 2. The van der Waals surface area contributed by atoms with E-state index in [2.05, 4.69) is 5.32 Å². The van der Waals surface area contributed by atoms with Crippen molar-refractivity contribution in [1.29, 1.82) is 0 Å². The van der Waals surface area contributed by atoms with Crippen molar-refractivity contribution in [1.82, 2.24) is 0 Å². The number of halogens is 1. The Hall–Kier alpha value is -2.63. The normalized spacial score (nSPS) is 10.2. The summed E-state index contributed by atoms with van der Waals surface area (Å²) in [6.45, 7) is 0.164. The molecule has 98 valence electrons. The zero-order chi connectivity index (χ0) is 13.8. The number of benzene rings is 2. The SMILES string of the molecule is O=[N+]([O-])c1ccc(F)cc1NCc1ccccc1O. The molecule has 0 aliphatic carbocycles. The van der Waals surface area contributed by atoms with Gasteiger partial charge in [0.05, 0.1) is 4.92 Å². The second-order valence-corrected chi connectivity index (χ2v) is 3.90. The van der Waals surface area contributed by atoms with Crippen molar-refractivity contribution in [2.45, 2.75) is 6.54 Å². The van der Waals surface area contributed by atoms with Crippen LogP contribution in [0.4, 0.5) is 15.8 Å². The minimum absolute atomic E-state index is 0.0771. The van der Waals surface area contributed by atoms with Gasteiger partial charge in [0.2, 0.25) is 0 Å². The number of nitro benzene ring substituents is 1. The highest BCUT2D eigenvalue weighted by atomic mass is 19.1. The number of phenols is 1. The van der Waals surface area contributed by atoms with Crippen molar-refractivity contribution >= 4 is 11.4 Å². The molecule has 2 aromatic rings. The van der Waals surface area contributed by atoms with Crippen LogP contribution in [0.25, 0.3) is 0 Å². The van der Waals surface area contributed by atoms with E-state index in [1.165, 1.54) is 6.07 Å². The van der Waals surface area contributed by atoms with Crippen molar-refractivity contribution in [3.8, 4) is 5.75 Å². The number of hydrogen-bond acceptors (Lipinski definition) is 4. The number of phenolic OH excluding ortho intramolecular Hbond substituents is 1. The first-order valence-corrected chi connectivity index (χ1v) is 5.52. The summed E-state index contributed by atoms with van der Waals surface area (Å²) in [6, 6.07) is 9.77. The fourth-order valence-electron chi connectivity index (χ4n) is 1.66. The molecule has 5 nitrogen and oxygen atoms in total. The molecule has 0 aromatic heterocycles. The van der Waals surface area contributed by atoms with Gasteiger partial charge >= 0.3 is 0 Å². The monoisotopic (exact) mass is 262 g/mol. The zero-order valence-electron chi connectivity index (χ0n) is 9.84. The average Bonchev–Trinajstić information content (AvgIpc) is 2.37. The third kappa shape index (κ3) is 2.98. The Bertz CT molecular complexity index is 617. The van der Waals surface area contributed by atoms with E-state index in [0.29, 0.717) is 5.56 Å². The first kappa shape index (κ1) is 12.8. The Labute approximate surface area is 108 Å². The van der Waals surface area contributed by atoms with Crippen LogP contribution < -0.4 is 5.32 Å². The molecule has 19 heavy (non-hydrogen) atoms. The maximum Gasteiger partial charge on any atom is 0.292 e. The van der Waals surface area contributed by atoms with Crippen LogP contribution in [-0.4, -0.2) is 10.0 Å². The molecule has 0 aliphatic rings. The third-order valence-corrected chi connectivity index (χ3v) is 2.62. The summed E-state index contributed by atoms with van der Waals surface area (Å²) in [7, 11) is 0. The zero-order valence-corrected chi connectivity index (χ0v) is 9.84. The average molecular weight is 262 g/mol. The Morgan fingerprint density at radius 2 is 2.00 bits per heavy atom. The molecule has 0 saturated carbocycles. The number of rotatable bonds is 4. The van der Waals surface area contributed by atoms with Crippen LogP contribution in [-0.2, 0) is 6.54 Å². The molecule has 6 heteroatoms. The largest absolute Gasteiger partial charge is 0.508 e. The fourth-order valence-corrected chi connectivity index (χ4v) is 1.66. The quantitative estimate of drug-likeness (QED) is 0.656. The maximum absolute atomic E-state index is 13.1. The van der Waals surface area contributed by atoms with Crippen molar-refractivity contribution in [2.75, 3.05) is 5.32 Å². The second kappa shape index (κ2) is 5.34. The lowest BCUT2D eigenvalue weighted by Crippen LogP contribution is -2.03. The molecule has 0 bridgehead atoms. The molecule has 0 heterocycles. The van der Waals surface area contributed by atoms with Crippen molar-refractivity contribution < 1.29 is 14.4 Å². The van der Waals surface area contributed by atoms with Gasteiger partial charge in [-0.2, -0.15) is 0 Å². The summed E-state index contributed by atoms with van der Waals surface area (Å²) in [5.74, 6) is -0.487. The van der Waals surface area contributed by atoms with Gasteiger partial charge in [-0.05, 0) is 12.1 Å². The molecule has 0 spiro atoms. The molecule has 2 N–H and O–H groups in total. The highest BCUT2D eigenvalue weighted by molar-refractivity contribution is 5.61. The first-order chi connectivity index (χ1) is 9.08. The van der Waals surface area contributed by atoms with Crippen molar-refractivity contribution in [3.63, 3.8) is 0 Å². The van der Waals surface area contributed by atoms with E-state index < -0.39 is 10.7 Å². The lowest BCUT2D eigenvalue weighted by Gasteiger charge is -2.08. The molecule has 0 unspecified atom stereocenters. The number of aromatic hydroxyl groups is 1. The van der Waals surface area contributed by atoms with E-state index in [1.807, 2.05) is 0 Å². The Kier molecular flexibility index (Phi) is 3.61. The Balaban J connectivity index is 2.22. The predicted molar refractivity (Wildman–Crippen MR) is 68.5 cm³/mol. The molecule has 0 atom stereocenters. The summed E-state index contributed by atoms with van der Waals surface area (Å²) in [4.78, 5) is 10.2. The number of nitro groups is 1. The summed E-state index contributed by atoms with van der Waals surface area (Å²) < 4.78 is 13.1. The molecule has 0 radical (unpaired) electrons. The van der Waals surface area contributed by atoms with E-state index in [9.17, 15) is 19.6 Å². The van der Waals surface area contributed by atoms with Crippen molar-refractivity contribution in [2.24, 2.45) is 0 Å². The van der Waals surface area contributed by atoms with Crippen LogP contribution in [0.5, 0.6) is 5.75 Å². The van der Waals surface area contributed by atoms with Crippen LogP contribution in [0.15, 0.2) is 42.5 Å². The molecule has 2 aromatic carbocycles. The third-order valence-electron chi connectivity index (χ3n) is 2.62. The van der Waals surface area contributed by atoms with Gasteiger partial charge in [-0.3, -0.25) is 10.1 Å². The van der Waals surface area contributed by atoms with E-state index >= 15 is 0 Å². The van der Waals surface area contributed by atoms with Crippen LogP contribution >= 0.6 is 0 Å². The minimum Gasteiger partial charge on any atom is -0.508 e. The molecular weight excluding hydrogens is 251 g/mol. The van der Waals surface area contributed by atoms with Crippen LogP contribution in [0, 0.1) is 15.9 Å². The highest BCUT2D eigenvalue weighted by Crippen LogP contribution is 2.26. The lowest BCUT2D eigenvalue weighted by atomic mass is 10.2. The molecule has 0 fully saturated rings. The second-order valence-electron chi connectivity index (χ2n) is 3.90. The Morgan fingerprint density at radius 3 is 2.68 bits per heavy atom. The molecular formula is C13H11FN2O3. The van der Waals surface area contributed by atoms with Crippen LogP contribution in [0.2, 0.25) is 0 Å². The van der Waals surface area contributed by atoms with E-state index in [-0.39, 0.29) is 23.7 Å². The van der Waals surface area contributed by atoms with Gasteiger partial charge in [-0.15, -0.1) is 0 Å². The molecule has 2 rings (SSSR count). The maximum atomic E-state index is 13.1. The number of nitrogens with zero attached hydrogens (tertiary/aromatic N) is 1. The van der Waals surface area contributed by atoms with Gasteiger partial charge < -0.3 is 10.4 Å². The summed E-state index contributed by atoms with van der Waals surface area (Å²) >= 11 is 0. The van der Waals surface area contributed by atoms with Gasteiger partial charge in [-0.25, -0.2) is 4.39 Å². The van der Waals surface area contributed by atoms with Crippen molar-refractivity contribution in [3.05, 3.63) is 64.0 Å². The number of anilines is 1. The minimum atomic E-state index is -0.591. The topological polar surface area (TPSA) is 75.4 Å². The number of nitrogens with one attached hydrogen (secondary N) is 1. The van der Waals surface area contributed by atoms with Gasteiger partial charge in [0, 0.05) is 24.2 Å². The van der Waals surface area contributed by atoms with Crippen LogP contribution in [0.1, 0.15) is 5.56 Å². The van der Waals surface area contributed by atoms with E-state index in [4.69, 9.17) is 0 Å².